The number of rotatable bonds is 7. The zero-order valence-corrected chi connectivity index (χ0v) is 18.9. The maximum atomic E-state index is 12.6. The van der Waals surface area contributed by atoms with Gasteiger partial charge in [-0.05, 0) is 44.4 Å². The van der Waals surface area contributed by atoms with Gasteiger partial charge in [0.2, 0.25) is 0 Å². The fraction of sp³-hybridized carbons (Fsp3) is 0.938. The minimum absolute atomic E-state index is 0. The minimum atomic E-state index is -5.22. The molecule has 0 bridgehead atoms. The Hall–Kier alpha value is -0.300. The molecule has 1 saturated carbocycles. The van der Waals surface area contributed by atoms with Crippen LogP contribution in [0.25, 0.3) is 0 Å². The lowest BCUT2D eigenvalue weighted by atomic mass is 9.98. The fourth-order valence-corrected chi connectivity index (χ4v) is 4.29. The van der Waals surface area contributed by atoms with Gasteiger partial charge in [-0.2, -0.15) is 17.5 Å². The predicted molar refractivity (Wildman–Crippen MR) is 111 cm³/mol. The molecule has 0 radical (unpaired) electrons. The summed E-state index contributed by atoms with van der Waals surface area (Å²) in [4.78, 5) is 4.55. The van der Waals surface area contributed by atoms with Crippen LogP contribution in [0.3, 0.4) is 0 Å². The molecule has 2 N–H and O–H groups in total. The van der Waals surface area contributed by atoms with Gasteiger partial charge in [-0.25, -0.2) is 8.42 Å². The maximum absolute atomic E-state index is 12.6. The average Bonchev–Trinajstić information content (AvgIpc) is 3.30. The van der Waals surface area contributed by atoms with Crippen LogP contribution in [-0.4, -0.2) is 56.4 Å². The number of alkyl halides is 3. The molecule has 27 heavy (non-hydrogen) atoms. The number of guanidine groups is 1. The van der Waals surface area contributed by atoms with Crippen LogP contribution < -0.4 is 10.6 Å². The summed E-state index contributed by atoms with van der Waals surface area (Å²) < 4.78 is 61.2. The Bertz CT molecular complexity index is 593. The number of halogens is 4. The van der Waals surface area contributed by atoms with E-state index in [9.17, 15) is 21.6 Å². The largest absolute Gasteiger partial charge is 0.511 e. The smallest absolute Gasteiger partial charge is 0.357 e. The highest BCUT2D eigenvalue weighted by Crippen LogP contribution is 2.34. The van der Waals surface area contributed by atoms with Crippen LogP contribution in [0.2, 0.25) is 0 Å². The highest BCUT2D eigenvalue weighted by molar-refractivity contribution is 14.0. The number of hydrogen-bond donors (Lipinski definition) is 2. The molecule has 0 amide bonds. The van der Waals surface area contributed by atoms with Crippen LogP contribution in [0.15, 0.2) is 4.99 Å². The molecule has 1 aliphatic heterocycles. The van der Waals surface area contributed by atoms with Crippen molar-refractivity contribution in [2.45, 2.75) is 57.5 Å². The van der Waals surface area contributed by atoms with Gasteiger partial charge in [-0.3, -0.25) is 4.99 Å². The van der Waals surface area contributed by atoms with Gasteiger partial charge in [0.25, 0.3) is 0 Å². The van der Waals surface area contributed by atoms with E-state index in [0.717, 1.165) is 25.3 Å². The van der Waals surface area contributed by atoms with Gasteiger partial charge >= 0.3 is 15.5 Å². The van der Waals surface area contributed by atoms with Crippen LogP contribution in [0, 0.1) is 11.8 Å². The van der Waals surface area contributed by atoms with Gasteiger partial charge in [-0.1, -0.05) is 13.3 Å². The van der Waals surface area contributed by atoms with E-state index in [1.54, 1.807) is 0 Å². The van der Waals surface area contributed by atoms with Crippen molar-refractivity contribution in [3.8, 4) is 0 Å². The van der Waals surface area contributed by atoms with Crippen LogP contribution in [0.1, 0.15) is 46.0 Å². The Labute approximate surface area is 176 Å². The van der Waals surface area contributed by atoms with Crippen molar-refractivity contribution in [2.24, 2.45) is 16.8 Å². The molecule has 1 aliphatic carbocycles. The first kappa shape index (κ1) is 24.7. The Balaban J connectivity index is 0.00000364. The Morgan fingerprint density at radius 2 is 1.85 bits per heavy atom. The summed E-state index contributed by atoms with van der Waals surface area (Å²) in [5.41, 5.74) is -5.22. The molecule has 160 valence electrons. The van der Waals surface area contributed by atoms with E-state index in [4.69, 9.17) is 0 Å². The molecular weight excluding hydrogens is 496 g/mol. The summed E-state index contributed by atoms with van der Waals surface area (Å²) in [6, 6.07) is 0.450. The molecule has 0 aromatic carbocycles. The van der Waals surface area contributed by atoms with E-state index < -0.39 is 15.5 Å². The molecule has 0 aromatic heterocycles. The molecule has 2 atom stereocenters. The monoisotopic (exact) mass is 526 g/mol. The van der Waals surface area contributed by atoms with E-state index in [1.807, 2.05) is 6.92 Å². The molecule has 1 heterocycles. The number of aliphatic imine (C=N–C) groups is 1. The average molecular weight is 526 g/mol. The van der Waals surface area contributed by atoms with Crippen molar-refractivity contribution >= 4 is 40.0 Å². The number of sulfonamides is 1. The van der Waals surface area contributed by atoms with Gasteiger partial charge in [0.1, 0.15) is 0 Å². The summed E-state index contributed by atoms with van der Waals surface area (Å²) in [6.45, 7) is 5.16. The fourth-order valence-electron chi connectivity index (χ4n) is 3.31. The summed E-state index contributed by atoms with van der Waals surface area (Å²) in [5, 5.41) is 6.60. The van der Waals surface area contributed by atoms with Crippen LogP contribution in [-0.2, 0) is 10.0 Å². The normalized spacial score (nSPS) is 25.0. The van der Waals surface area contributed by atoms with Crippen LogP contribution in [0.4, 0.5) is 13.2 Å². The first-order valence-electron chi connectivity index (χ1n) is 9.30. The number of piperidine rings is 1. The predicted octanol–water partition coefficient (Wildman–Crippen LogP) is 2.91. The first-order chi connectivity index (χ1) is 12.2. The van der Waals surface area contributed by atoms with Crippen molar-refractivity contribution < 1.29 is 21.6 Å². The third kappa shape index (κ3) is 6.91. The van der Waals surface area contributed by atoms with Gasteiger partial charge in [-0.15, -0.1) is 24.0 Å². The summed E-state index contributed by atoms with van der Waals surface area (Å²) in [5.74, 6) is 1.52. The van der Waals surface area contributed by atoms with Crippen molar-refractivity contribution in [2.75, 3.05) is 26.2 Å². The second-order valence-electron chi connectivity index (χ2n) is 7.05. The van der Waals surface area contributed by atoms with Crippen LogP contribution >= 0.6 is 24.0 Å². The summed E-state index contributed by atoms with van der Waals surface area (Å²) >= 11 is 0. The van der Waals surface area contributed by atoms with E-state index in [2.05, 4.69) is 22.5 Å². The molecule has 2 unspecified atom stereocenters. The lowest BCUT2D eigenvalue weighted by Crippen LogP contribution is -2.45. The second kappa shape index (κ2) is 10.5. The van der Waals surface area contributed by atoms with Crippen molar-refractivity contribution in [3.05, 3.63) is 0 Å². The molecule has 11 heteroatoms. The molecule has 0 aromatic rings. The third-order valence-electron chi connectivity index (χ3n) is 4.96. The van der Waals surface area contributed by atoms with Gasteiger partial charge in [0.15, 0.2) is 5.96 Å². The zero-order valence-electron chi connectivity index (χ0n) is 15.8. The first-order valence-corrected chi connectivity index (χ1v) is 10.7. The standard InChI is InChI=1S/C16H29F3N4O2S.HI/c1-3-5-13-10-14(13)22-15(20-4-2)21-11-12-6-8-23(9-7-12)26(24,25)16(17,18)19;/h12-14H,3-11H2,1-2H3,(H2,20,21,22);1H. The Morgan fingerprint density at radius 1 is 1.22 bits per heavy atom. The SMILES string of the molecule is CCCC1CC1NC(=NCC1CCN(S(=O)(=O)C(F)(F)F)CC1)NCC.I. The number of nitrogens with one attached hydrogen (secondary N) is 2. The minimum Gasteiger partial charge on any atom is -0.357 e. The van der Waals surface area contributed by atoms with Crippen molar-refractivity contribution in [1.82, 2.24) is 14.9 Å². The maximum Gasteiger partial charge on any atom is 0.511 e. The van der Waals surface area contributed by atoms with Crippen molar-refractivity contribution in [3.63, 3.8) is 0 Å². The highest BCUT2D eigenvalue weighted by atomic mass is 127. The van der Waals surface area contributed by atoms with Crippen LogP contribution in [0.5, 0.6) is 0 Å². The number of hydrogen-bond acceptors (Lipinski definition) is 3. The molecule has 6 nitrogen and oxygen atoms in total. The molecule has 2 aliphatic rings. The molecule has 0 spiro atoms. The van der Waals surface area contributed by atoms with E-state index in [1.165, 1.54) is 6.42 Å². The lowest BCUT2D eigenvalue weighted by molar-refractivity contribution is -0.0496. The van der Waals surface area contributed by atoms with Gasteiger partial charge < -0.3 is 10.6 Å². The second-order valence-corrected chi connectivity index (χ2v) is 8.98. The lowest BCUT2D eigenvalue weighted by Gasteiger charge is -2.30. The molecular formula is C16H30F3IN4O2S. The summed E-state index contributed by atoms with van der Waals surface area (Å²) in [7, 11) is -5.21. The topological polar surface area (TPSA) is 73.8 Å². The zero-order chi connectivity index (χ0) is 19.4. The van der Waals surface area contributed by atoms with Crippen molar-refractivity contribution in [1.29, 1.82) is 0 Å². The van der Waals surface area contributed by atoms with E-state index in [-0.39, 0.29) is 43.0 Å². The summed E-state index contributed by atoms with van der Waals surface area (Å²) in [6.07, 6.45) is 4.28. The molecule has 2 rings (SSSR count). The van der Waals surface area contributed by atoms with Gasteiger partial charge in [0.05, 0.1) is 0 Å². The third-order valence-corrected chi connectivity index (χ3v) is 6.59. The molecule has 2 fully saturated rings. The number of nitrogens with zero attached hydrogens (tertiary/aromatic N) is 2. The van der Waals surface area contributed by atoms with E-state index >= 15 is 0 Å². The Morgan fingerprint density at radius 3 is 2.37 bits per heavy atom. The highest BCUT2D eigenvalue weighted by Gasteiger charge is 2.50. The van der Waals surface area contributed by atoms with E-state index in [0.29, 0.717) is 35.7 Å². The Kier molecular flexibility index (Phi) is 9.59. The van der Waals surface area contributed by atoms with Gasteiger partial charge in [0, 0.05) is 32.2 Å². The molecule has 1 saturated heterocycles. The quantitative estimate of drug-likeness (QED) is 0.304.